The zero-order valence-corrected chi connectivity index (χ0v) is 43.1. The third kappa shape index (κ3) is 8.66. The minimum absolute atomic E-state index is 0.102. The van der Waals surface area contributed by atoms with Crippen LogP contribution in [-0.2, 0) is 28.4 Å². The first-order valence-corrected chi connectivity index (χ1v) is 40.6. The van der Waals surface area contributed by atoms with Crippen molar-refractivity contribution in [3.05, 3.63) is 129 Å². The van der Waals surface area contributed by atoms with Crippen molar-refractivity contribution in [2.45, 2.75) is 164 Å². The van der Waals surface area contributed by atoms with Gasteiger partial charge in [-0.1, -0.05) is 0 Å². The molecule has 2 unspecified atom stereocenters. The van der Waals surface area contributed by atoms with Gasteiger partial charge in [0, 0.05) is 0 Å². The fourth-order valence-electron chi connectivity index (χ4n) is 12.6. The van der Waals surface area contributed by atoms with Gasteiger partial charge in [-0.25, -0.2) is 0 Å². The molecule has 0 amide bonds. The SMILES string of the molecule is CCc1ccc(-c2cccc3c2C=C(CC2(C)CCCCCCC2)[CH]3[Zr]([Cl])([Cl])([CH]2C(CC3(C)CCCCCCC3)=Cc3c(-c4ccc(CC)cc4)cccc32)[SiH](C)C)cc1. The van der Waals surface area contributed by atoms with Crippen LogP contribution in [0.15, 0.2) is 96.1 Å². The number of allylic oxidation sites excluding steroid dienone is 2. The van der Waals surface area contributed by atoms with Crippen molar-refractivity contribution in [1.29, 1.82) is 0 Å². The van der Waals surface area contributed by atoms with Crippen molar-refractivity contribution in [2.75, 3.05) is 0 Å². The van der Waals surface area contributed by atoms with Gasteiger partial charge in [0.25, 0.3) is 0 Å². The van der Waals surface area contributed by atoms with E-state index in [9.17, 15) is 17.0 Å². The third-order valence-corrected chi connectivity index (χ3v) is 68.1. The molecule has 4 heteroatoms. The number of benzene rings is 4. The second kappa shape index (κ2) is 18.3. The molecule has 4 aromatic carbocycles. The van der Waals surface area contributed by atoms with Crippen LogP contribution >= 0.6 is 17.0 Å². The van der Waals surface area contributed by atoms with E-state index in [2.05, 4.69) is 138 Å². The van der Waals surface area contributed by atoms with Crippen LogP contribution in [-0.4, -0.2) is 5.92 Å². The van der Waals surface area contributed by atoms with E-state index >= 15 is 0 Å². The van der Waals surface area contributed by atoms with Crippen molar-refractivity contribution in [3.63, 3.8) is 0 Å². The third-order valence-electron chi connectivity index (χ3n) is 16.2. The molecule has 8 rings (SSSR count). The Morgan fingerprint density at radius 3 is 1.20 bits per heavy atom. The monoisotopic (exact) mass is 933 g/mol. The number of hydrogen-bond donors (Lipinski definition) is 0. The Balaban J connectivity index is 1.34. The second-order valence-electron chi connectivity index (χ2n) is 20.9. The van der Waals surface area contributed by atoms with Gasteiger partial charge in [-0.15, -0.1) is 0 Å². The van der Waals surface area contributed by atoms with Crippen LogP contribution < -0.4 is 0 Å². The van der Waals surface area contributed by atoms with Crippen LogP contribution in [0, 0.1) is 10.8 Å². The van der Waals surface area contributed by atoms with Gasteiger partial charge in [-0.05, 0) is 0 Å². The number of halogens is 2. The molecule has 4 aliphatic rings. The van der Waals surface area contributed by atoms with Crippen LogP contribution in [0.25, 0.3) is 34.4 Å². The summed E-state index contributed by atoms with van der Waals surface area (Å²) in [5, 5.41) is 0. The van der Waals surface area contributed by atoms with Crippen LogP contribution in [0.4, 0.5) is 0 Å². The average Bonchev–Trinajstić information content (AvgIpc) is 3.80. The molecule has 2 saturated carbocycles. The maximum atomic E-state index is 9.26. The van der Waals surface area contributed by atoms with Gasteiger partial charge in [-0.3, -0.25) is 0 Å². The van der Waals surface area contributed by atoms with Crippen molar-refractivity contribution in [1.82, 2.24) is 0 Å². The molecule has 0 N–H and O–H groups in total. The minimum atomic E-state index is -5.10. The van der Waals surface area contributed by atoms with Crippen molar-refractivity contribution < 1.29 is 15.6 Å². The molecule has 0 heterocycles. The van der Waals surface area contributed by atoms with E-state index in [0.29, 0.717) is 0 Å². The molecule has 0 aliphatic heterocycles. The average molecular weight is 936 g/mol. The van der Waals surface area contributed by atoms with E-state index < -0.39 is 21.5 Å². The Labute approximate surface area is 373 Å². The molecule has 0 bridgehead atoms. The van der Waals surface area contributed by atoms with Crippen LogP contribution in [0.5, 0.6) is 0 Å². The summed E-state index contributed by atoms with van der Waals surface area (Å²) in [4.78, 5) is 0. The number of hydrogen-bond acceptors (Lipinski definition) is 0. The summed E-state index contributed by atoms with van der Waals surface area (Å²) in [6.45, 7) is 14.9. The van der Waals surface area contributed by atoms with E-state index in [0.717, 1.165) is 25.7 Å². The summed E-state index contributed by atoms with van der Waals surface area (Å²) in [5.41, 5.74) is 17.4. The zero-order chi connectivity index (χ0) is 42.1. The molecule has 319 valence electrons. The van der Waals surface area contributed by atoms with E-state index in [1.165, 1.54) is 146 Å². The van der Waals surface area contributed by atoms with Gasteiger partial charge in [0.05, 0.1) is 0 Å². The van der Waals surface area contributed by atoms with Gasteiger partial charge >= 0.3 is 377 Å². The molecule has 60 heavy (non-hydrogen) atoms. The molecular weight excluding hydrogens is 863 g/mol. The van der Waals surface area contributed by atoms with Gasteiger partial charge in [0.15, 0.2) is 0 Å². The van der Waals surface area contributed by atoms with Crippen molar-refractivity contribution >= 4 is 35.1 Å². The second-order valence-corrected chi connectivity index (χ2v) is 63.4. The molecule has 2 atom stereocenters. The topological polar surface area (TPSA) is 0 Å². The molecule has 4 aromatic rings. The quantitative estimate of drug-likeness (QED) is 0.132. The Morgan fingerprint density at radius 1 is 0.517 bits per heavy atom. The van der Waals surface area contributed by atoms with Crippen molar-refractivity contribution in [3.8, 4) is 22.3 Å². The van der Waals surface area contributed by atoms with Crippen molar-refractivity contribution in [2.24, 2.45) is 10.8 Å². The molecule has 0 spiro atoms. The Bertz CT molecular complexity index is 2040. The van der Waals surface area contributed by atoms with Gasteiger partial charge in [-0.2, -0.15) is 0 Å². The summed E-state index contributed by atoms with van der Waals surface area (Å²) in [6.07, 6.45) is 28.3. The van der Waals surface area contributed by atoms with Gasteiger partial charge in [0.2, 0.25) is 0 Å². The number of aryl methyl sites for hydroxylation is 2. The molecular formula is C56H73Cl2SiZr. The van der Waals surface area contributed by atoms with E-state index in [1.807, 2.05) is 0 Å². The van der Waals surface area contributed by atoms with E-state index in [-0.39, 0.29) is 18.1 Å². The van der Waals surface area contributed by atoms with Crippen LogP contribution in [0.1, 0.15) is 171 Å². The molecule has 0 nitrogen and oxygen atoms in total. The zero-order valence-electron chi connectivity index (χ0n) is 38.0. The maximum absolute atomic E-state index is 9.26. The summed E-state index contributed by atoms with van der Waals surface area (Å²) in [6, 6.07) is 33.1. The summed E-state index contributed by atoms with van der Waals surface area (Å²) in [5.74, 6) is -1.75. The Hall–Kier alpha value is -1.96. The molecule has 4 aliphatic carbocycles. The van der Waals surface area contributed by atoms with Crippen LogP contribution in [0.3, 0.4) is 0 Å². The molecule has 0 radical (unpaired) electrons. The first-order valence-electron chi connectivity index (χ1n) is 24.3. The number of fused-ring (bicyclic) bond motifs is 2. The molecule has 2 fully saturated rings. The fraction of sp³-hybridized carbons (Fsp3) is 0.500. The molecule has 0 saturated heterocycles. The predicted molar refractivity (Wildman–Crippen MR) is 265 cm³/mol. The van der Waals surface area contributed by atoms with Crippen LogP contribution in [0.2, 0.25) is 13.1 Å². The Kier molecular flexibility index (Phi) is 13.6. The van der Waals surface area contributed by atoms with E-state index in [4.69, 9.17) is 0 Å². The normalized spacial score (nSPS) is 22.3. The standard InChI is InChI=1S/2C27H33.C2H7Si.2ClH.Zr/c2*1-3-21-12-14-23(15-13-21)25-11-9-10-24-18-22(19-26(24)25)20-27(2)16-7-5-4-6-8-17-27;1-3-2;;;/h2*9-15,18-19H,3-8,16-17,20H2,1-2H3;3H,1-2H3;2*1H;/q;;;;;+2/p-2. The molecule has 0 aromatic heterocycles. The summed E-state index contributed by atoms with van der Waals surface area (Å²) < 4.78 is 0.205. The van der Waals surface area contributed by atoms with E-state index in [1.54, 1.807) is 11.1 Å². The summed E-state index contributed by atoms with van der Waals surface area (Å²) >= 11 is -5.10. The Morgan fingerprint density at radius 2 is 0.867 bits per heavy atom. The predicted octanol–water partition coefficient (Wildman–Crippen LogP) is 18.0. The fourth-order valence-corrected chi connectivity index (χ4v) is 43.9. The van der Waals surface area contributed by atoms with Gasteiger partial charge < -0.3 is 0 Å². The first kappa shape index (κ1) is 44.6. The first-order chi connectivity index (χ1) is 28.9. The summed E-state index contributed by atoms with van der Waals surface area (Å²) in [7, 11) is 18.5. The van der Waals surface area contributed by atoms with Gasteiger partial charge in [0.1, 0.15) is 0 Å². The number of rotatable bonds is 11.